The molecule has 13 heavy (non-hydrogen) atoms. The Kier molecular flexibility index (Phi) is 2.55. The van der Waals surface area contributed by atoms with Crippen molar-refractivity contribution in [2.45, 2.75) is 24.5 Å². The van der Waals surface area contributed by atoms with E-state index in [4.69, 9.17) is 5.11 Å². The molecule has 0 atom stereocenters. The van der Waals surface area contributed by atoms with E-state index >= 15 is 0 Å². The first-order valence-electron chi connectivity index (χ1n) is 5.01. The number of aliphatic hydroxyl groups is 2. The lowest BCUT2D eigenvalue weighted by Crippen LogP contribution is -2.60. The molecule has 0 amide bonds. The fourth-order valence-electron chi connectivity index (χ4n) is 2.00. The van der Waals surface area contributed by atoms with Crippen LogP contribution in [0.5, 0.6) is 0 Å². The molecule has 0 spiro atoms. The van der Waals surface area contributed by atoms with E-state index < -0.39 is 5.60 Å². The molecule has 0 aliphatic carbocycles. The minimum atomic E-state index is -0.798. The minimum absolute atomic E-state index is 0.0935. The third-order valence-electron chi connectivity index (χ3n) is 3.30. The summed E-state index contributed by atoms with van der Waals surface area (Å²) in [5, 5.41) is 22.0. The van der Waals surface area contributed by atoms with Crippen molar-refractivity contribution in [3.63, 3.8) is 0 Å². The zero-order chi connectivity index (χ0) is 9.31. The van der Waals surface area contributed by atoms with Crippen molar-refractivity contribution < 1.29 is 10.2 Å². The molecule has 0 radical (unpaired) electrons. The number of hydrogen-bond acceptors (Lipinski definition) is 4. The van der Waals surface area contributed by atoms with Crippen LogP contribution >= 0.6 is 0 Å². The Balaban J connectivity index is 1.81. The van der Waals surface area contributed by atoms with Gasteiger partial charge in [0.2, 0.25) is 0 Å². The van der Waals surface area contributed by atoms with E-state index in [9.17, 15) is 5.11 Å². The van der Waals surface area contributed by atoms with Gasteiger partial charge in [-0.25, -0.2) is 0 Å². The van der Waals surface area contributed by atoms with Gasteiger partial charge in [-0.3, -0.25) is 4.90 Å². The highest BCUT2D eigenvalue weighted by atomic mass is 16.3. The molecule has 2 rings (SSSR count). The summed E-state index contributed by atoms with van der Waals surface area (Å²) in [4.78, 5) is 2.40. The number of aliphatic hydroxyl groups excluding tert-OH is 1. The maximum absolute atomic E-state index is 9.78. The molecule has 2 saturated heterocycles. The minimum Gasteiger partial charge on any atom is -0.393 e. The monoisotopic (exact) mass is 186 g/mol. The smallest absolute Gasteiger partial charge is 0.0901 e. The van der Waals surface area contributed by atoms with Gasteiger partial charge in [-0.2, -0.15) is 0 Å². The van der Waals surface area contributed by atoms with Crippen molar-refractivity contribution in [2.24, 2.45) is 0 Å². The average molecular weight is 186 g/mol. The lowest BCUT2D eigenvalue weighted by Gasteiger charge is -2.44. The summed E-state index contributed by atoms with van der Waals surface area (Å²) < 4.78 is 0. The van der Waals surface area contributed by atoms with Crippen LogP contribution in [-0.4, -0.2) is 59.5 Å². The molecule has 2 aliphatic rings. The van der Waals surface area contributed by atoms with Crippen molar-refractivity contribution in [2.75, 3.05) is 32.8 Å². The van der Waals surface area contributed by atoms with Crippen molar-refractivity contribution in [1.82, 2.24) is 10.2 Å². The van der Waals surface area contributed by atoms with Gasteiger partial charge in [0.25, 0.3) is 0 Å². The zero-order valence-corrected chi connectivity index (χ0v) is 7.87. The predicted molar refractivity (Wildman–Crippen MR) is 49.5 cm³/mol. The third-order valence-corrected chi connectivity index (χ3v) is 3.30. The highest BCUT2D eigenvalue weighted by Gasteiger charge is 2.35. The van der Waals surface area contributed by atoms with E-state index in [1.54, 1.807) is 0 Å². The van der Waals surface area contributed by atoms with Gasteiger partial charge in [0, 0.05) is 32.2 Å². The summed E-state index contributed by atoms with van der Waals surface area (Å²) in [5.74, 6) is 0. The number of hydrogen-bond donors (Lipinski definition) is 3. The molecule has 0 aromatic rings. The molecule has 2 aliphatic heterocycles. The zero-order valence-electron chi connectivity index (χ0n) is 7.87. The highest BCUT2D eigenvalue weighted by Crippen LogP contribution is 2.23. The molecule has 4 nitrogen and oxygen atoms in total. The maximum atomic E-state index is 9.78. The van der Waals surface area contributed by atoms with Crippen LogP contribution in [0.2, 0.25) is 0 Å². The summed E-state index contributed by atoms with van der Waals surface area (Å²) in [6.07, 6.45) is 1.42. The van der Waals surface area contributed by atoms with E-state index in [1.807, 2.05) is 0 Å². The van der Waals surface area contributed by atoms with E-state index in [0.29, 0.717) is 18.9 Å². The molecule has 76 valence electrons. The Morgan fingerprint density at radius 1 is 1.31 bits per heavy atom. The summed E-state index contributed by atoms with van der Waals surface area (Å²) >= 11 is 0. The molecule has 0 saturated carbocycles. The Labute approximate surface area is 78.5 Å². The lowest BCUT2D eigenvalue weighted by atomic mass is 9.91. The predicted octanol–water partition coefficient (Wildman–Crippen LogP) is -1.22. The topological polar surface area (TPSA) is 55.7 Å². The molecular weight excluding hydrogens is 168 g/mol. The second-order valence-electron chi connectivity index (χ2n) is 4.23. The van der Waals surface area contributed by atoms with Crippen molar-refractivity contribution in [1.29, 1.82) is 0 Å². The van der Waals surface area contributed by atoms with Gasteiger partial charge in [-0.05, 0) is 12.8 Å². The van der Waals surface area contributed by atoms with Crippen LogP contribution in [0.25, 0.3) is 0 Å². The van der Waals surface area contributed by atoms with Gasteiger partial charge >= 0.3 is 0 Å². The van der Waals surface area contributed by atoms with Crippen molar-refractivity contribution >= 4 is 0 Å². The third kappa shape index (κ3) is 1.86. The van der Waals surface area contributed by atoms with Gasteiger partial charge in [-0.1, -0.05) is 0 Å². The van der Waals surface area contributed by atoms with Crippen molar-refractivity contribution in [3.05, 3.63) is 0 Å². The first kappa shape index (κ1) is 9.40. The first-order chi connectivity index (χ1) is 6.23. The molecule has 0 aromatic carbocycles. The number of nitrogens with zero attached hydrogens (tertiary/aromatic N) is 1. The molecule has 4 heteroatoms. The number of nitrogens with one attached hydrogen (secondary N) is 1. The lowest BCUT2D eigenvalue weighted by molar-refractivity contribution is -0.0692. The van der Waals surface area contributed by atoms with Crippen LogP contribution in [-0.2, 0) is 0 Å². The SMILES string of the molecule is OCC1(O)CCN(C2CNC2)CC1. The van der Waals surface area contributed by atoms with Crippen LogP contribution in [0.3, 0.4) is 0 Å². The van der Waals surface area contributed by atoms with Crippen molar-refractivity contribution in [3.8, 4) is 0 Å². The molecule has 0 bridgehead atoms. The maximum Gasteiger partial charge on any atom is 0.0901 e. The number of likely N-dealkylation sites (tertiary alicyclic amines) is 1. The molecule has 3 N–H and O–H groups in total. The second-order valence-corrected chi connectivity index (χ2v) is 4.23. The molecule has 0 aromatic heterocycles. The van der Waals surface area contributed by atoms with Gasteiger partial charge in [0.1, 0.15) is 0 Å². The quantitative estimate of drug-likeness (QED) is 0.506. The Morgan fingerprint density at radius 2 is 1.92 bits per heavy atom. The summed E-state index contributed by atoms with van der Waals surface area (Å²) in [5.41, 5.74) is -0.798. The fraction of sp³-hybridized carbons (Fsp3) is 1.00. The van der Waals surface area contributed by atoms with Gasteiger partial charge < -0.3 is 15.5 Å². The van der Waals surface area contributed by atoms with E-state index in [-0.39, 0.29) is 6.61 Å². The van der Waals surface area contributed by atoms with Gasteiger partial charge in [0.15, 0.2) is 0 Å². The summed E-state index contributed by atoms with van der Waals surface area (Å²) in [6, 6.07) is 0.670. The fourth-order valence-corrected chi connectivity index (χ4v) is 2.00. The Morgan fingerprint density at radius 3 is 2.31 bits per heavy atom. The number of rotatable bonds is 2. The van der Waals surface area contributed by atoms with Crippen LogP contribution in [0.15, 0.2) is 0 Å². The van der Waals surface area contributed by atoms with Gasteiger partial charge in [0.05, 0.1) is 12.2 Å². The largest absolute Gasteiger partial charge is 0.393 e. The molecule has 0 unspecified atom stereocenters. The van der Waals surface area contributed by atoms with Crippen LogP contribution in [0.1, 0.15) is 12.8 Å². The molecule has 2 fully saturated rings. The highest BCUT2D eigenvalue weighted by molar-refractivity contribution is 4.91. The normalized spacial score (nSPS) is 30.0. The Hall–Kier alpha value is -0.160. The van der Waals surface area contributed by atoms with E-state index in [0.717, 1.165) is 26.2 Å². The average Bonchev–Trinajstić information content (AvgIpc) is 2.06. The standard InChI is InChI=1S/C9H18N2O2/c12-7-9(13)1-3-11(4-2-9)8-5-10-6-8/h8,10,12-13H,1-7H2. The second kappa shape index (κ2) is 3.53. The molecule has 2 heterocycles. The van der Waals surface area contributed by atoms with Crippen LogP contribution < -0.4 is 5.32 Å². The van der Waals surface area contributed by atoms with Gasteiger partial charge in [-0.15, -0.1) is 0 Å². The summed E-state index contributed by atoms with van der Waals surface area (Å²) in [6.45, 7) is 3.91. The van der Waals surface area contributed by atoms with E-state index in [2.05, 4.69) is 10.2 Å². The first-order valence-corrected chi connectivity index (χ1v) is 5.01. The van der Waals surface area contributed by atoms with Crippen LogP contribution in [0, 0.1) is 0 Å². The van der Waals surface area contributed by atoms with E-state index in [1.165, 1.54) is 0 Å². The van der Waals surface area contributed by atoms with Crippen LogP contribution in [0.4, 0.5) is 0 Å². The summed E-state index contributed by atoms with van der Waals surface area (Å²) in [7, 11) is 0. The number of piperidine rings is 1. The molecular formula is C9H18N2O2. The Bertz CT molecular complexity index is 174.